The van der Waals surface area contributed by atoms with Gasteiger partial charge in [0.25, 0.3) is 0 Å². The number of rotatable bonds is 7. The summed E-state index contributed by atoms with van der Waals surface area (Å²) in [7, 11) is -3.15. The van der Waals surface area contributed by atoms with E-state index >= 15 is 0 Å². The maximum absolute atomic E-state index is 10.2. The van der Waals surface area contributed by atoms with Gasteiger partial charge in [-0.25, -0.2) is 14.6 Å². The van der Waals surface area contributed by atoms with E-state index in [4.69, 9.17) is 5.11 Å². The zero-order valence-corrected chi connectivity index (χ0v) is 21.8. The smallest absolute Gasteiger partial charge is 0.335 e. The van der Waals surface area contributed by atoms with Crippen molar-refractivity contribution < 1.29 is 29.9 Å². The van der Waals surface area contributed by atoms with Crippen LogP contribution in [0.25, 0.3) is 0 Å². The standard InChI is InChI=1S/C12H12O2P.C9H20O2.C7H6O2/c13-15(14,11-7-3-1-4-8-11)12-9-5-2-6-10-12;1-8(2,10)6-5-7-9(3,4)11;8-7(9)6-4-2-1-3-5-6/h1-10,13-14H;10-11H,5-7H2,1-4H3;1-5H,(H,8,9)/q+1;;. The van der Waals surface area contributed by atoms with Gasteiger partial charge in [0, 0.05) is 0 Å². The molecule has 0 amide bonds. The van der Waals surface area contributed by atoms with Crippen molar-refractivity contribution in [2.45, 2.75) is 58.2 Å². The lowest BCUT2D eigenvalue weighted by Gasteiger charge is -2.21. The first-order valence-electron chi connectivity index (χ1n) is 11.4. The predicted octanol–water partition coefficient (Wildman–Crippen LogP) is 4.55. The van der Waals surface area contributed by atoms with Gasteiger partial charge in [-0.3, -0.25) is 0 Å². The third kappa shape index (κ3) is 13.2. The number of carboxylic acids is 1. The van der Waals surface area contributed by atoms with Crippen molar-refractivity contribution in [2.75, 3.05) is 0 Å². The molecule has 5 N–H and O–H groups in total. The summed E-state index contributed by atoms with van der Waals surface area (Å²) in [6.45, 7) is 7.16. The van der Waals surface area contributed by atoms with E-state index in [0.29, 0.717) is 16.2 Å². The minimum absolute atomic E-state index is 0.331. The molecule has 0 heterocycles. The lowest BCUT2D eigenvalue weighted by atomic mass is 9.95. The van der Waals surface area contributed by atoms with E-state index in [1.54, 1.807) is 107 Å². The van der Waals surface area contributed by atoms with Crippen LogP contribution in [0.2, 0.25) is 0 Å². The van der Waals surface area contributed by atoms with Crippen molar-refractivity contribution in [3.8, 4) is 0 Å². The van der Waals surface area contributed by atoms with Gasteiger partial charge in [0.1, 0.15) is 0 Å². The molecule has 0 spiro atoms. The van der Waals surface area contributed by atoms with Crippen LogP contribution in [-0.2, 0) is 0 Å². The molecule has 190 valence electrons. The Morgan fingerprint density at radius 1 is 0.657 bits per heavy atom. The van der Waals surface area contributed by atoms with Gasteiger partial charge in [-0.1, -0.05) is 54.6 Å². The molecular weight excluding hydrogens is 463 g/mol. The largest absolute Gasteiger partial charge is 0.478 e. The highest BCUT2D eigenvalue weighted by Crippen LogP contribution is 2.46. The summed E-state index contributed by atoms with van der Waals surface area (Å²) in [6.07, 6.45) is 2.36. The number of aliphatic hydroxyl groups is 2. The average Bonchev–Trinajstić information content (AvgIpc) is 2.80. The van der Waals surface area contributed by atoms with Gasteiger partial charge in [0.05, 0.1) is 16.8 Å². The quantitative estimate of drug-likeness (QED) is 0.303. The molecule has 3 rings (SSSR count). The highest BCUT2D eigenvalue weighted by atomic mass is 31.2. The molecule has 3 aromatic carbocycles. The van der Waals surface area contributed by atoms with Crippen LogP contribution in [-0.4, -0.2) is 42.3 Å². The highest BCUT2D eigenvalue weighted by Gasteiger charge is 2.39. The lowest BCUT2D eigenvalue weighted by Crippen LogP contribution is -2.22. The van der Waals surface area contributed by atoms with Gasteiger partial charge in [-0.15, -0.1) is 0 Å². The van der Waals surface area contributed by atoms with Gasteiger partial charge >= 0.3 is 13.7 Å². The Morgan fingerprint density at radius 3 is 1.23 bits per heavy atom. The third-order valence-corrected chi connectivity index (χ3v) is 6.87. The van der Waals surface area contributed by atoms with Crippen molar-refractivity contribution >= 4 is 24.3 Å². The van der Waals surface area contributed by atoms with Gasteiger partial charge < -0.3 is 15.3 Å². The van der Waals surface area contributed by atoms with Crippen molar-refractivity contribution in [1.82, 2.24) is 0 Å². The molecule has 0 saturated heterocycles. The molecule has 0 fully saturated rings. The molecule has 0 saturated carbocycles. The minimum Gasteiger partial charge on any atom is -0.478 e. The summed E-state index contributed by atoms with van der Waals surface area (Å²) < 4.78 is 0. The molecule has 6 nitrogen and oxygen atoms in total. The number of benzene rings is 3. The topological polar surface area (TPSA) is 118 Å². The first kappa shape index (κ1) is 30.4. The Balaban J connectivity index is 0.000000273. The van der Waals surface area contributed by atoms with Gasteiger partial charge in [0.15, 0.2) is 10.6 Å². The Bertz CT molecular complexity index is 923. The van der Waals surface area contributed by atoms with Crippen molar-refractivity contribution in [3.05, 3.63) is 96.6 Å². The SMILES string of the molecule is CC(C)(O)CCCC(C)(C)O.O=C(O)c1ccccc1.O[P+](O)(c1ccccc1)c1ccccc1. The fourth-order valence-electron chi connectivity index (χ4n) is 2.96. The second-order valence-corrected chi connectivity index (χ2v) is 11.7. The van der Waals surface area contributed by atoms with Crippen molar-refractivity contribution in [3.63, 3.8) is 0 Å². The average molecular weight is 502 g/mol. The van der Waals surface area contributed by atoms with Crippen LogP contribution in [0.5, 0.6) is 0 Å². The predicted molar refractivity (Wildman–Crippen MR) is 143 cm³/mol. The fraction of sp³-hybridized carbons (Fsp3) is 0.321. The summed E-state index contributed by atoms with van der Waals surface area (Å²) in [5, 5.41) is 28.2. The number of hydrogen-bond acceptors (Lipinski definition) is 5. The van der Waals surface area contributed by atoms with Crippen LogP contribution in [0.1, 0.15) is 57.3 Å². The zero-order valence-electron chi connectivity index (χ0n) is 20.9. The van der Waals surface area contributed by atoms with E-state index in [9.17, 15) is 24.8 Å². The van der Waals surface area contributed by atoms with Crippen LogP contribution in [0.3, 0.4) is 0 Å². The molecule has 7 heteroatoms. The lowest BCUT2D eigenvalue weighted by molar-refractivity contribution is 0.0412. The molecule has 0 atom stereocenters. The van der Waals surface area contributed by atoms with Gasteiger partial charge in [0.2, 0.25) is 0 Å². The molecular formula is C28H38O6P+. The van der Waals surface area contributed by atoms with Crippen LogP contribution in [0.15, 0.2) is 91.0 Å². The van der Waals surface area contributed by atoms with Gasteiger partial charge in [-0.2, -0.15) is 0 Å². The molecule has 0 aliphatic rings. The summed E-state index contributed by atoms with van der Waals surface area (Å²) in [6, 6.07) is 26.2. The van der Waals surface area contributed by atoms with E-state index in [-0.39, 0.29) is 0 Å². The third-order valence-electron chi connectivity index (χ3n) is 4.83. The Morgan fingerprint density at radius 2 is 0.971 bits per heavy atom. The molecule has 0 unspecified atom stereocenters. The number of hydrogen-bond donors (Lipinski definition) is 5. The summed E-state index contributed by atoms with van der Waals surface area (Å²) in [4.78, 5) is 30.4. The van der Waals surface area contributed by atoms with E-state index < -0.39 is 24.9 Å². The number of aromatic carboxylic acids is 1. The normalized spacial score (nSPS) is 11.4. The van der Waals surface area contributed by atoms with Crippen LogP contribution in [0.4, 0.5) is 0 Å². The molecule has 0 radical (unpaired) electrons. The first-order valence-corrected chi connectivity index (χ1v) is 13.1. The molecule has 0 aliphatic carbocycles. The Hall–Kier alpha value is -2.60. The number of carbonyl (C=O) groups is 1. The second-order valence-electron chi connectivity index (χ2n) is 9.42. The summed E-state index contributed by atoms with van der Waals surface area (Å²) in [5.41, 5.74) is -0.853. The van der Waals surface area contributed by atoms with E-state index in [1.165, 1.54) is 0 Å². The molecule has 0 bridgehead atoms. The van der Waals surface area contributed by atoms with Crippen molar-refractivity contribution in [1.29, 1.82) is 0 Å². The molecule has 0 aromatic heterocycles. The maximum Gasteiger partial charge on any atom is 0.335 e. The molecule has 3 aromatic rings. The Labute approximate surface area is 209 Å². The van der Waals surface area contributed by atoms with Crippen LogP contribution >= 0.6 is 7.72 Å². The highest BCUT2D eigenvalue weighted by molar-refractivity contribution is 7.79. The summed E-state index contributed by atoms with van der Waals surface area (Å²) >= 11 is 0. The van der Waals surface area contributed by atoms with Crippen LogP contribution < -0.4 is 10.6 Å². The maximum atomic E-state index is 10.2. The summed E-state index contributed by atoms with van der Waals surface area (Å²) in [5.74, 6) is -0.879. The zero-order chi connectivity index (χ0) is 26.5. The Kier molecular flexibility index (Phi) is 12.2. The molecule has 35 heavy (non-hydrogen) atoms. The monoisotopic (exact) mass is 501 g/mol. The van der Waals surface area contributed by atoms with E-state index in [1.807, 2.05) is 12.1 Å². The fourth-order valence-corrected chi connectivity index (χ4v) is 4.43. The van der Waals surface area contributed by atoms with Crippen LogP contribution in [0, 0.1) is 0 Å². The van der Waals surface area contributed by atoms with Crippen molar-refractivity contribution in [2.24, 2.45) is 0 Å². The molecule has 0 aliphatic heterocycles. The second kappa shape index (κ2) is 14.1. The van der Waals surface area contributed by atoms with E-state index in [2.05, 4.69) is 0 Å². The first-order chi connectivity index (χ1) is 16.2. The minimum atomic E-state index is -3.15. The van der Waals surface area contributed by atoms with Gasteiger partial charge in [-0.05, 0) is 83.4 Å². The van der Waals surface area contributed by atoms with E-state index in [0.717, 1.165) is 19.3 Å². The number of carboxylic acid groups (broad SMARTS) is 1.